The first-order chi connectivity index (χ1) is 9.71. The highest BCUT2D eigenvalue weighted by molar-refractivity contribution is 7.09. The molecule has 1 aliphatic heterocycles. The average Bonchev–Trinajstić information content (AvgIpc) is 3.10. The van der Waals surface area contributed by atoms with Crippen LogP contribution in [0.1, 0.15) is 12.8 Å². The van der Waals surface area contributed by atoms with Crippen LogP contribution >= 0.6 is 11.5 Å². The van der Waals surface area contributed by atoms with Gasteiger partial charge in [-0.2, -0.15) is 0 Å². The number of carboxylic acid groups (broad SMARTS) is 1. The number of aliphatic carboxylic acids is 1. The largest absolute Gasteiger partial charge is 0.481 e. The van der Waals surface area contributed by atoms with E-state index >= 15 is 0 Å². The molecule has 1 aliphatic rings. The quantitative estimate of drug-likeness (QED) is 0.842. The topological polar surface area (TPSA) is 116 Å². The summed E-state index contributed by atoms with van der Waals surface area (Å²) in [4.78, 5) is 12.4. The summed E-state index contributed by atoms with van der Waals surface area (Å²) in [6.45, 7) is 1.09. The molecule has 3 rings (SSSR count). The lowest BCUT2D eigenvalue weighted by atomic mass is 9.80. The van der Waals surface area contributed by atoms with Gasteiger partial charge in [-0.15, -0.1) is 10.2 Å². The second kappa shape index (κ2) is 5.21. The number of carboxylic acids is 1. The van der Waals surface area contributed by atoms with Crippen LogP contribution in [-0.4, -0.2) is 54.1 Å². The fraction of sp³-hybridized carbons (Fsp3) is 0.600. The Morgan fingerprint density at radius 2 is 2.30 bits per heavy atom. The summed E-state index contributed by atoms with van der Waals surface area (Å²) < 4.78 is 10.5. The van der Waals surface area contributed by atoms with Crippen LogP contribution in [-0.2, 0) is 16.1 Å². The van der Waals surface area contributed by atoms with Crippen molar-refractivity contribution in [1.29, 1.82) is 0 Å². The fourth-order valence-electron chi connectivity index (χ4n) is 2.24. The van der Waals surface area contributed by atoms with E-state index in [-0.39, 0.29) is 6.54 Å². The molecule has 2 aromatic heterocycles. The van der Waals surface area contributed by atoms with Gasteiger partial charge in [-0.05, 0) is 34.8 Å². The van der Waals surface area contributed by atoms with E-state index in [0.29, 0.717) is 36.8 Å². The molecule has 1 N–H and O–H groups in total. The van der Waals surface area contributed by atoms with Gasteiger partial charge in [-0.3, -0.25) is 4.79 Å². The van der Waals surface area contributed by atoms with Gasteiger partial charge in [0.25, 0.3) is 0 Å². The number of ether oxygens (including phenoxy) is 1. The Morgan fingerprint density at radius 1 is 1.50 bits per heavy atom. The average molecular weight is 296 g/mol. The molecule has 10 heteroatoms. The SMILES string of the molecule is O=C(O)C1(Cn2nnnc2-c2cnns2)CCOCC1. The lowest BCUT2D eigenvalue weighted by Crippen LogP contribution is -2.41. The number of hydrogen-bond donors (Lipinski definition) is 1. The molecule has 0 saturated carbocycles. The molecule has 0 aromatic carbocycles. The minimum atomic E-state index is -0.888. The Hall–Kier alpha value is -1.94. The number of aromatic nitrogens is 6. The van der Waals surface area contributed by atoms with Crippen LogP contribution in [0, 0.1) is 5.41 Å². The lowest BCUT2D eigenvalue weighted by Gasteiger charge is -2.32. The second-order valence-corrected chi connectivity index (χ2v) is 5.43. The fourth-order valence-corrected chi connectivity index (χ4v) is 2.75. The Balaban J connectivity index is 1.90. The standard InChI is InChI=1S/C10H12N6O3S/c17-9(18)10(1-3-19-4-2-10)6-16-8(12-13-14-16)7-5-11-15-20-7/h5H,1-4,6H2,(H,17,18). The van der Waals surface area contributed by atoms with Crippen LogP contribution in [0.3, 0.4) is 0 Å². The van der Waals surface area contributed by atoms with Crippen LogP contribution in [0.2, 0.25) is 0 Å². The molecule has 0 spiro atoms. The van der Waals surface area contributed by atoms with Gasteiger partial charge in [0.15, 0.2) is 5.82 Å². The molecule has 2 aromatic rings. The van der Waals surface area contributed by atoms with E-state index in [2.05, 4.69) is 25.1 Å². The molecule has 0 bridgehead atoms. The molecule has 0 atom stereocenters. The van der Waals surface area contributed by atoms with E-state index in [4.69, 9.17) is 4.74 Å². The van der Waals surface area contributed by atoms with Gasteiger partial charge in [0, 0.05) is 13.2 Å². The van der Waals surface area contributed by atoms with E-state index in [1.807, 2.05) is 0 Å². The summed E-state index contributed by atoms with van der Waals surface area (Å²) in [5.74, 6) is -0.350. The van der Waals surface area contributed by atoms with Crippen LogP contribution in [0.5, 0.6) is 0 Å². The van der Waals surface area contributed by atoms with Gasteiger partial charge in [0.1, 0.15) is 4.88 Å². The second-order valence-electron chi connectivity index (χ2n) is 4.64. The molecule has 106 valence electrons. The smallest absolute Gasteiger partial charge is 0.311 e. The molecule has 3 heterocycles. The molecular weight excluding hydrogens is 284 g/mol. The Labute approximate surface area is 117 Å². The first-order valence-corrected chi connectivity index (χ1v) is 6.84. The van der Waals surface area contributed by atoms with Gasteiger partial charge in [-0.25, -0.2) is 4.68 Å². The van der Waals surface area contributed by atoms with Crippen molar-refractivity contribution >= 4 is 17.5 Å². The molecule has 9 nitrogen and oxygen atoms in total. The Bertz CT molecular complexity index is 592. The van der Waals surface area contributed by atoms with Crippen molar-refractivity contribution in [2.45, 2.75) is 19.4 Å². The predicted octanol–water partition coefficient (Wildman–Crippen LogP) is 0.0730. The number of carbonyl (C=O) groups is 1. The van der Waals surface area contributed by atoms with Crippen LogP contribution in [0.4, 0.5) is 0 Å². The summed E-state index contributed by atoms with van der Waals surface area (Å²) in [5, 5.41) is 24.7. The molecule has 0 unspecified atom stereocenters. The number of tetrazole rings is 1. The zero-order valence-corrected chi connectivity index (χ0v) is 11.3. The summed E-state index contributed by atoms with van der Waals surface area (Å²) in [5.41, 5.74) is -0.888. The zero-order valence-electron chi connectivity index (χ0n) is 10.5. The summed E-state index contributed by atoms with van der Waals surface area (Å²) in [7, 11) is 0. The van der Waals surface area contributed by atoms with Crippen molar-refractivity contribution in [3.63, 3.8) is 0 Å². The molecule has 20 heavy (non-hydrogen) atoms. The molecule has 1 fully saturated rings. The molecule has 1 saturated heterocycles. The highest BCUT2D eigenvalue weighted by atomic mass is 32.1. The lowest BCUT2D eigenvalue weighted by molar-refractivity contribution is -0.156. The Kier molecular flexibility index (Phi) is 3.40. The molecule has 0 aliphatic carbocycles. The van der Waals surface area contributed by atoms with Crippen molar-refractivity contribution in [2.24, 2.45) is 5.41 Å². The number of hydrogen-bond acceptors (Lipinski definition) is 8. The van der Waals surface area contributed by atoms with Gasteiger partial charge in [0.05, 0.1) is 18.2 Å². The summed E-state index contributed by atoms with van der Waals surface area (Å²) in [6.07, 6.45) is 2.45. The summed E-state index contributed by atoms with van der Waals surface area (Å²) in [6, 6.07) is 0. The summed E-state index contributed by atoms with van der Waals surface area (Å²) >= 11 is 1.17. The van der Waals surface area contributed by atoms with Crippen LogP contribution in [0.15, 0.2) is 6.20 Å². The third-order valence-corrected chi connectivity index (χ3v) is 4.13. The number of rotatable bonds is 4. The van der Waals surface area contributed by atoms with Crippen molar-refractivity contribution in [2.75, 3.05) is 13.2 Å². The zero-order chi connectivity index (χ0) is 14.0. The minimum absolute atomic E-state index is 0.214. The maximum atomic E-state index is 11.6. The predicted molar refractivity (Wildman–Crippen MR) is 66.8 cm³/mol. The minimum Gasteiger partial charge on any atom is -0.481 e. The van der Waals surface area contributed by atoms with Crippen LogP contribution < -0.4 is 0 Å². The van der Waals surface area contributed by atoms with Gasteiger partial charge in [0.2, 0.25) is 0 Å². The van der Waals surface area contributed by atoms with E-state index in [1.165, 1.54) is 16.2 Å². The van der Waals surface area contributed by atoms with Gasteiger partial charge in [-0.1, -0.05) is 4.49 Å². The van der Waals surface area contributed by atoms with Crippen molar-refractivity contribution < 1.29 is 14.6 Å². The molecule has 0 radical (unpaired) electrons. The highest BCUT2D eigenvalue weighted by Gasteiger charge is 2.41. The first-order valence-electron chi connectivity index (χ1n) is 6.06. The van der Waals surface area contributed by atoms with Crippen molar-refractivity contribution in [3.05, 3.63) is 6.20 Å². The molecule has 0 amide bonds. The molecular formula is C10H12N6O3S. The monoisotopic (exact) mass is 296 g/mol. The maximum Gasteiger partial charge on any atom is 0.311 e. The van der Waals surface area contributed by atoms with E-state index in [1.54, 1.807) is 6.20 Å². The van der Waals surface area contributed by atoms with Crippen LogP contribution in [0.25, 0.3) is 10.7 Å². The third kappa shape index (κ3) is 2.27. The van der Waals surface area contributed by atoms with Crippen molar-refractivity contribution in [1.82, 2.24) is 29.8 Å². The normalized spacial score (nSPS) is 18.0. The Morgan fingerprint density at radius 3 is 2.95 bits per heavy atom. The van der Waals surface area contributed by atoms with E-state index in [0.717, 1.165) is 0 Å². The highest BCUT2D eigenvalue weighted by Crippen LogP contribution is 2.33. The first kappa shape index (κ1) is 13.1. The third-order valence-electron chi connectivity index (χ3n) is 3.47. The maximum absolute atomic E-state index is 11.6. The van der Waals surface area contributed by atoms with Gasteiger partial charge >= 0.3 is 5.97 Å². The van der Waals surface area contributed by atoms with Gasteiger partial charge < -0.3 is 9.84 Å². The van der Waals surface area contributed by atoms with E-state index in [9.17, 15) is 9.90 Å². The van der Waals surface area contributed by atoms with E-state index < -0.39 is 11.4 Å². The van der Waals surface area contributed by atoms with Crippen molar-refractivity contribution in [3.8, 4) is 10.7 Å². The number of nitrogens with zero attached hydrogens (tertiary/aromatic N) is 6.